The van der Waals surface area contributed by atoms with Crippen molar-refractivity contribution in [3.05, 3.63) is 96.1 Å². The molecular weight excluding hydrogens is 457 g/mol. The molecule has 0 saturated carbocycles. The maximum Gasteiger partial charge on any atom is 0.0369 e. The second-order valence-electron chi connectivity index (χ2n) is 8.83. The Kier molecular flexibility index (Phi) is 4.29. The molecule has 0 saturated heterocycles. The summed E-state index contributed by atoms with van der Waals surface area (Å²) in [6.07, 6.45) is 0. The largest absolute Gasteiger partial charge is 0.135 e. The molecule has 0 amide bonds. The van der Waals surface area contributed by atoms with Gasteiger partial charge in [-0.3, -0.25) is 0 Å². The Morgan fingerprint density at radius 2 is 0.848 bits per heavy atom. The highest BCUT2D eigenvalue weighted by Crippen LogP contribution is 2.44. The van der Waals surface area contributed by atoms with Gasteiger partial charge in [0.1, 0.15) is 0 Å². The highest BCUT2D eigenvalue weighted by molar-refractivity contribution is 7.27. The molecule has 0 aliphatic carbocycles. The highest BCUT2D eigenvalue weighted by Gasteiger charge is 2.13. The third kappa shape index (κ3) is 3.23. The first-order valence-electron chi connectivity index (χ1n) is 11.1. The summed E-state index contributed by atoms with van der Waals surface area (Å²) in [6.45, 7) is 4.28. The summed E-state index contributed by atoms with van der Waals surface area (Å²) in [5.41, 5.74) is 5.21. The Morgan fingerprint density at radius 1 is 0.424 bits per heavy atom. The maximum atomic E-state index is 2.40. The lowest BCUT2D eigenvalue weighted by Gasteiger charge is -1.96. The van der Waals surface area contributed by atoms with Crippen molar-refractivity contribution in [3.8, 4) is 20.9 Å². The zero-order valence-corrected chi connectivity index (χ0v) is 20.8. The molecule has 0 spiro atoms. The normalized spacial score (nSPS) is 11.9. The Balaban J connectivity index is 1.38. The van der Waals surface area contributed by atoms with Crippen LogP contribution in [0.1, 0.15) is 11.1 Å². The fourth-order valence-corrected chi connectivity index (χ4v) is 8.04. The SMILES string of the molecule is Cc1ccc(-c2cc3cc4c(cc3s2)sc2cc3sc(-c5ccc(C)cc5)cc3cc24)cc1. The van der Waals surface area contributed by atoms with Gasteiger partial charge in [-0.05, 0) is 72.1 Å². The highest BCUT2D eigenvalue weighted by atomic mass is 32.1. The fraction of sp³-hybridized carbons (Fsp3) is 0.0667. The molecule has 3 aromatic heterocycles. The molecule has 0 atom stereocenters. The summed E-state index contributed by atoms with van der Waals surface area (Å²) in [5.74, 6) is 0. The number of hydrogen-bond donors (Lipinski definition) is 0. The van der Waals surface area contributed by atoms with Gasteiger partial charge in [-0.25, -0.2) is 0 Å². The molecule has 0 N–H and O–H groups in total. The van der Waals surface area contributed by atoms with Crippen LogP contribution in [0.3, 0.4) is 0 Å². The molecule has 0 nitrogen and oxygen atoms in total. The smallest absolute Gasteiger partial charge is 0.0369 e. The van der Waals surface area contributed by atoms with Gasteiger partial charge >= 0.3 is 0 Å². The van der Waals surface area contributed by atoms with E-state index in [2.05, 4.69) is 98.8 Å². The Morgan fingerprint density at radius 3 is 1.27 bits per heavy atom. The summed E-state index contributed by atoms with van der Waals surface area (Å²) in [4.78, 5) is 2.69. The lowest BCUT2D eigenvalue weighted by atomic mass is 10.1. The Hall–Kier alpha value is -2.98. The maximum absolute atomic E-state index is 2.40. The quantitative estimate of drug-likeness (QED) is 0.233. The molecule has 0 unspecified atom stereocenters. The molecule has 0 aliphatic heterocycles. The van der Waals surface area contributed by atoms with Crippen LogP contribution < -0.4 is 0 Å². The van der Waals surface area contributed by atoms with E-state index in [-0.39, 0.29) is 0 Å². The first-order valence-corrected chi connectivity index (χ1v) is 13.5. The van der Waals surface area contributed by atoms with Crippen LogP contribution in [0.25, 0.3) is 61.2 Å². The van der Waals surface area contributed by atoms with Crippen LogP contribution in [0.5, 0.6) is 0 Å². The van der Waals surface area contributed by atoms with Crippen molar-refractivity contribution in [2.75, 3.05) is 0 Å². The molecule has 3 heteroatoms. The second-order valence-corrected chi connectivity index (χ2v) is 12.1. The Labute approximate surface area is 204 Å². The summed E-state index contributed by atoms with van der Waals surface area (Å²) >= 11 is 5.71. The van der Waals surface area contributed by atoms with Crippen LogP contribution in [0.4, 0.5) is 0 Å². The van der Waals surface area contributed by atoms with Crippen molar-refractivity contribution < 1.29 is 0 Å². The van der Waals surface area contributed by atoms with Gasteiger partial charge in [0.05, 0.1) is 0 Å². The van der Waals surface area contributed by atoms with Gasteiger partial charge < -0.3 is 0 Å². The van der Waals surface area contributed by atoms with E-state index in [0.717, 1.165) is 0 Å². The molecule has 0 bridgehead atoms. The van der Waals surface area contributed by atoms with Gasteiger partial charge in [-0.15, -0.1) is 34.0 Å². The van der Waals surface area contributed by atoms with Gasteiger partial charge in [-0.2, -0.15) is 0 Å². The van der Waals surface area contributed by atoms with E-state index in [9.17, 15) is 0 Å². The minimum atomic E-state index is 1.30. The summed E-state index contributed by atoms with van der Waals surface area (Å²) in [6, 6.07) is 32.0. The topological polar surface area (TPSA) is 0 Å². The van der Waals surface area contributed by atoms with Crippen LogP contribution in [0, 0.1) is 13.8 Å². The molecule has 4 aromatic carbocycles. The van der Waals surface area contributed by atoms with Crippen molar-refractivity contribution >= 4 is 74.4 Å². The molecule has 3 heterocycles. The summed E-state index contributed by atoms with van der Waals surface area (Å²) < 4.78 is 5.50. The number of aryl methyl sites for hydroxylation is 2. The minimum absolute atomic E-state index is 1.30. The fourth-order valence-electron chi connectivity index (χ4n) is 4.56. The monoisotopic (exact) mass is 476 g/mol. The molecule has 7 rings (SSSR count). The van der Waals surface area contributed by atoms with Crippen molar-refractivity contribution in [3.63, 3.8) is 0 Å². The average molecular weight is 477 g/mol. The van der Waals surface area contributed by atoms with Crippen molar-refractivity contribution in [1.29, 1.82) is 0 Å². The first kappa shape index (κ1) is 19.5. The van der Waals surface area contributed by atoms with Crippen molar-refractivity contribution in [2.45, 2.75) is 13.8 Å². The lowest BCUT2D eigenvalue weighted by molar-refractivity contribution is 1.48. The van der Waals surface area contributed by atoms with Crippen LogP contribution in [-0.2, 0) is 0 Å². The van der Waals surface area contributed by atoms with Gasteiger partial charge in [0.15, 0.2) is 0 Å². The predicted octanol–water partition coefficient (Wildman–Crippen LogP) is 10.4. The van der Waals surface area contributed by atoms with Gasteiger partial charge in [0.25, 0.3) is 0 Å². The van der Waals surface area contributed by atoms with Crippen molar-refractivity contribution in [2.24, 2.45) is 0 Å². The second kappa shape index (κ2) is 7.26. The van der Waals surface area contributed by atoms with E-state index >= 15 is 0 Å². The van der Waals surface area contributed by atoms with Crippen LogP contribution in [0.2, 0.25) is 0 Å². The van der Waals surface area contributed by atoms with Gasteiger partial charge in [-0.1, -0.05) is 59.7 Å². The average Bonchev–Trinajstić information content (AvgIpc) is 3.51. The number of fused-ring (bicyclic) bond motifs is 5. The van der Waals surface area contributed by atoms with E-state index in [4.69, 9.17) is 0 Å². The van der Waals surface area contributed by atoms with E-state index < -0.39 is 0 Å². The standard InChI is InChI=1S/C30H20S3/c1-17-3-7-19(8-4-17)25-13-21-11-23-24-12-22-14-26(20-9-5-18(2)6-10-20)32-28(22)16-30(24)33-29(23)15-27(21)31-25/h3-16H,1-2H3. The van der Waals surface area contributed by atoms with E-state index in [1.807, 2.05) is 34.0 Å². The molecule has 33 heavy (non-hydrogen) atoms. The first-order chi connectivity index (χ1) is 16.1. The molecule has 0 aliphatic rings. The Bertz CT molecular complexity index is 1670. The molecular formula is C30H20S3. The van der Waals surface area contributed by atoms with E-state index in [1.165, 1.54) is 72.4 Å². The molecule has 158 valence electrons. The number of hydrogen-bond acceptors (Lipinski definition) is 3. The predicted molar refractivity (Wildman–Crippen MR) is 150 cm³/mol. The minimum Gasteiger partial charge on any atom is -0.135 e. The lowest BCUT2D eigenvalue weighted by Crippen LogP contribution is -1.73. The van der Waals surface area contributed by atoms with Gasteiger partial charge in [0, 0.05) is 39.3 Å². The van der Waals surface area contributed by atoms with Crippen LogP contribution in [0.15, 0.2) is 84.9 Å². The molecule has 0 fully saturated rings. The van der Waals surface area contributed by atoms with Gasteiger partial charge in [0.2, 0.25) is 0 Å². The molecule has 7 aromatic rings. The number of benzene rings is 4. The number of rotatable bonds is 2. The number of thiophene rings is 3. The zero-order valence-electron chi connectivity index (χ0n) is 18.3. The van der Waals surface area contributed by atoms with Crippen LogP contribution >= 0.6 is 34.0 Å². The third-order valence-electron chi connectivity index (χ3n) is 6.42. The zero-order chi connectivity index (χ0) is 22.1. The van der Waals surface area contributed by atoms with Crippen LogP contribution in [-0.4, -0.2) is 0 Å². The molecule has 0 radical (unpaired) electrons. The summed E-state index contributed by atoms with van der Waals surface area (Å²) in [5, 5.41) is 5.43. The third-order valence-corrected chi connectivity index (χ3v) is 9.83. The van der Waals surface area contributed by atoms with Crippen molar-refractivity contribution in [1.82, 2.24) is 0 Å². The summed E-state index contributed by atoms with van der Waals surface area (Å²) in [7, 11) is 0. The van der Waals surface area contributed by atoms with E-state index in [0.29, 0.717) is 0 Å². The van der Waals surface area contributed by atoms with E-state index in [1.54, 1.807) is 0 Å².